The first-order valence-corrected chi connectivity index (χ1v) is 5.04. The Morgan fingerprint density at radius 1 is 1.54 bits per heavy atom. The van der Waals surface area contributed by atoms with Gasteiger partial charge in [0.05, 0.1) is 5.54 Å². The summed E-state index contributed by atoms with van der Waals surface area (Å²) in [6, 6.07) is 0.524. The van der Waals surface area contributed by atoms with E-state index in [1.165, 1.54) is 19.3 Å². The fourth-order valence-corrected chi connectivity index (χ4v) is 2.01. The van der Waals surface area contributed by atoms with Gasteiger partial charge in [0.2, 0.25) is 0 Å². The highest BCUT2D eigenvalue weighted by Crippen LogP contribution is 2.26. The molecule has 1 saturated carbocycles. The van der Waals surface area contributed by atoms with Crippen LogP contribution in [0.2, 0.25) is 0 Å². The average molecular weight is 180 g/mol. The maximum absolute atomic E-state index is 5.69. The van der Waals surface area contributed by atoms with Gasteiger partial charge in [-0.3, -0.25) is 5.32 Å². The van der Waals surface area contributed by atoms with Crippen molar-refractivity contribution in [1.82, 2.24) is 5.32 Å². The maximum Gasteiger partial charge on any atom is 0.0743 e. The number of terminal acetylenes is 1. The molecule has 0 saturated heterocycles. The number of nitrogens with one attached hydrogen (secondary N) is 1. The molecule has 0 bridgehead atoms. The summed E-state index contributed by atoms with van der Waals surface area (Å²) in [6.45, 7) is 4.86. The Bertz CT molecular complexity index is 203. The Labute approximate surface area is 81.3 Å². The summed E-state index contributed by atoms with van der Waals surface area (Å²) in [6.07, 6.45) is 9.17. The molecule has 74 valence electrons. The van der Waals surface area contributed by atoms with Gasteiger partial charge in [-0.15, -0.1) is 6.42 Å². The summed E-state index contributed by atoms with van der Waals surface area (Å²) in [7, 11) is 0. The van der Waals surface area contributed by atoms with Crippen molar-refractivity contribution in [1.29, 1.82) is 0 Å². The van der Waals surface area contributed by atoms with Gasteiger partial charge in [-0.25, -0.2) is 0 Å². The quantitative estimate of drug-likeness (QED) is 0.639. The summed E-state index contributed by atoms with van der Waals surface area (Å²) in [4.78, 5) is 0. The van der Waals surface area contributed by atoms with Gasteiger partial charge in [-0.2, -0.15) is 0 Å². The van der Waals surface area contributed by atoms with Crippen LogP contribution in [0, 0.1) is 18.3 Å². The minimum absolute atomic E-state index is 0.192. The predicted octanol–water partition coefficient (Wildman–Crippen LogP) is 1.12. The summed E-state index contributed by atoms with van der Waals surface area (Å²) in [5.74, 6) is 3.38. The van der Waals surface area contributed by atoms with Crippen molar-refractivity contribution in [2.75, 3.05) is 6.54 Å². The smallest absolute Gasteiger partial charge is 0.0743 e. The molecule has 1 rings (SSSR count). The molecule has 0 aromatic heterocycles. The highest BCUT2D eigenvalue weighted by molar-refractivity contribution is 5.09. The number of hydrogen-bond donors (Lipinski definition) is 2. The molecule has 0 heterocycles. The molecule has 2 atom stereocenters. The third kappa shape index (κ3) is 2.72. The van der Waals surface area contributed by atoms with Crippen LogP contribution in [0.3, 0.4) is 0 Å². The van der Waals surface area contributed by atoms with Crippen molar-refractivity contribution in [3.63, 3.8) is 0 Å². The Hall–Kier alpha value is -0.520. The third-order valence-corrected chi connectivity index (χ3v) is 2.87. The molecule has 0 spiro atoms. The average Bonchev–Trinajstić information content (AvgIpc) is 2.51. The van der Waals surface area contributed by atoms with Gasteiger partial charge in [0.1, 0.15) is 0 Å². The molecule has 3 N–H and O–H groups in total. The molecule has 1 aliphatic rings. The molecule has 0 amide bonds. The van der Waals surface area contributed by atoms with Gasteiger partial charge in [0.25, 0.3) is 0 Å². The summed E-state index contributed by atoms with van der Waals surface area (Å²) >= 11 is 0. The van der Waals surface area contributed by atoms with E-state index in [-0.39, 0.29) is 5.54 Å². The number of rotatable bonds is 3. The molecule has 0 aliphatic heterocycles. The van der Waals surface area contributed by atoms with Crippen LogP contribution >= 0.6 is 0 Å². The SMILES string of the molecule is C#CC(C)(C)NC1CCCC1CN. The van der Waals surface area contributed by atoms with Gasteiger partial charge in [0.15, 0.2) is 0 Å². The van der Waals surface area contributed by atoms with E-state index in [9.17, 15) is 0 Å². The summed E-state index contributed by atoms with van der Waals surface area (Å²) in [5.41, 5.74) is 5.50. The van der Waals surface area contributed by atoms with Crippen molar-refractivity contribution in [2.45, 2.75) is 44.7 Å². The van der Waals surface area contributed by atoms with Crippen molar-refractivity contribution >= 4 is 0 Å². The highest BCUT2D eigenvalue weighted by atomic mass is 15.0. The van der Waals surface area contributed by atoms with E-state index in [1.54, 1.807) is 0 Å². The van der Waals surface area contributed by atoms with E-state index in [4.69, 9.17) is 12.2 Å². The minimum Gasteiger partial charge on any atom is -0.330 e. The highest BCUT2D eigenvalue weighted by Gasteiger charge is 2.29. The fourth-order valence-electron chi connectivity index (χ4n) is 2.01. The number of hydrogen-bond acceptors (Lipinski definition) is 2. The zero-order valence-electron chi connectivity index (χ0n) is 8.64. The van der Waals surface area contributed by atoms with Crippen LogP contribution in [0.4, 0.5) is 0 Å². The normalized spacial score (nSPS) is 28.8. The van der Waals surface area contributed by atoms with E-state index >= 15 is 0 Å². The first-order valence-electron chi connectivity index (χ1n) is 5.04. The van der Waals surface area contributed by atoms with Crippen LogP contribution < -0.4 is 11.1 Å². The molecule has 0 aromatic carbocycles. The Morgan fingerprint density at radius 3 is 2.77 bits per heavy atom. The molecule has 1 fully saturated rings. The van der Waals surface area contributed by atoms with Crippen molar-refractivity contribution < 1.29 is 0 Å². The lowest BCUT2D eigenvalue weighted by atomic mass is 9.99. The Kier molecular flexibility index (Phi) is 3.35. The van der Waals surface area contributed by atoms with E-state index in [1.807, 2.05) is 13.8 Å². The lowest BCUT2D eigenvalue weighted by Gasteiger charge is -2.28. The topological polar surface area (TPSA) is 38.0 Å². The second-order valence-electron chi connectivity index (χ2n) is 4.45. The molecule has 13 heavy (non-hydrogen) atoms. The van der Waals surface area contributed by atoms with E-state index in [2.05, 4.69) is 11.2 Å². The van der Waals surface area contributed by atoms with Gasteiger partial charge >= 0.3 is 0 Å². The molecule has 2 heteroatoms. The zero-order valence-corrected chi connectivity index (χ0v) is 8.64. The molecule has 0 radical (unpaired) electrons. The standard InChI is InChI=1S/C11H20N2/c1-4-11(2,3)13-10-7-5-6-9(10)8-12/h1,9-10,13H,5-8,12H2,2-3H3. The second kappa shape index (κ2) is 4.13. The van der Waals surface area contributed by atoms with Crippen LogP contribution in [0.5, 0.6) is 0 Å². The fraction of sp³-hybridized carbons (Fsp3) is 0.818. The molecular weight excluding hydrogens is 160 g/mol. The monoisotopic (exact) mass is 180 g/mol. The van der Waals surface area contributed by atoms with Gasteiger partial charge < -0.3 is 5.73 Å². The lowest BCUT2D eigenvalue weighted by Crippen LogP contribution is -2.47. The van der Waals surface area contributed by atoms with Crippen LogP contribution in [-0.4, -0.2) is 18.1 Å². The maximum atomic E-state index is 5.69. The molecule has 1 aliphatic carbocycles. The molecule has 2 nitrogen and oxygen atoms in total. The van der Waals surface area contributed by atoms with Crippen molar-refractivity contribution in [2.24, 2.45) is 11.7 Å². The third-order valence-electron chi connectivity index (χ3n) is 2.87. The first-order chi connectivity index (χ1) is 6.09. The summed E-state index contributed by atoms with van der Waals surface area (Å²) in [5, 5.41) is 3.49. The van der Waals surface area contributed by atoms with Crippen molar-refractivity contribution in [3.8, 4) is 12.3 Å². The Balaban J connectivity index is 2.49. The van der Waals surface area contributed by atoms with Crippen LogP contribution in [0.25, 0.3) is 0 Å². The summed E-state index contributed by atoms with van der Waals surface area (Å²) < 4.78 is 0. The van der Waals surface area contributed by atoms with Crippen LogP contribution in [0.15, 0.2) is 0 Å². The van der Waals surface area contributed by atoms with Gasteiger partial charge in [-0.1, -0.05) is 12.3 Å². The molecule has 0 aromatic rings. The minimum atomic E-state index is -0.192. The van der Waals surface area contributed by atoms with E-state index in [0.29, 0.717) is 12.0 Å². The van der Waals surface area contributed by atoms with Crippen molar-refractivity contribution in [3.05, 3.63) is 0 Å². The predicted molar refractivity (Wildman–Crippen MR) is 56.2 cm³/mol. The largest absolute Gasteiger partial charge is 0.330 e. The first kappa shape index (κ1) is 10.6. The number of nitrogens with two attached hydrogens (primary N) is 1. The van der Waals surface area contributed by atoms with Crippen LogP contribution in [-0.2, 0) is 0 Å². The lowest BCUT2D eigenvalue weighted by molar-refractivity contribution is 0.342. The van der Waals surface area contributed by atoms with Crippen LogP contribution in [0.1, 0.15) is 33.1 Å². The zero-order chi connectivity index (χ0) is 9.90. The van der Waals surface area contributed by atoms with E-state index < -0.39 is 0 Å². The second-order valence-corrected chi connectivity index (χ2v) is 4.45. The van der Waals surface area contributed by atoms with E-state index in [0.717, 1.165) is 6.54 Å². The van der Waals surface area contributed by atoms with Gasteiger partial charge in [-0.05, 0) is 39.2 Å². The van der Waals surface area contributed by atoms with Gasteiger partial charge in [0, 0.05) is 6.04 Å². The Morgan fingerprint density at radius 2 is 2.23 bits per heavy atom. The molecule has 2 unspecified atom stereocenters. The molecular formula is C11H20N2.